The van der Waals surface area contributed by atoms with Crippen LogP contribution in [-0.2, 0) is 6.18 Å². The fourth-order valence-electron chi connectivity index (χ4n) is 0.949. The number of aliphatic hydroxyl groups is 1. The van der Waals surface area contributed by atoms with Gasteiger partial charge >= 0.3 is 6.18 Å². The van der Waals surface area contributed by atoms with Crippen LogP contribution in [0.25, 0.3) is 0 Å². The number of aromatic nitrogens is 1. The Balaban J connectivity index is 2.61. The van der Waals surface area contributed by atoms with Crippen LogP contribution in [0.1, 0.15) is 18.2 Å². The second-order valence-electron chi connectivity index (χ2n) is 3.09. The molecule has 0 amide bonds. The molecule has 0 fully saturated rings. The molecule has 7 heteroatoms. The molecule has 0 aliphatic rings. The summed E-state index contributed by atoms with van der Waals surface area (Å²) < 4.78 is 36.6. The largest absolute Gasteiger partial charge is 0.427 e. The first kappa shape index (κ1) is 12.3. The second kappa shape index (κ2) is 4.80. The van der Waals surface area contributed by atoms with Crippen molar-refractivity contribution in [1.29, 1.82) is 0 Å². The van der Waals surface area contributed by atoms with Crippen molar-refractivity contribution in [2.45, 2.75) is 25.6 Å². The molecule has 1 aromatic rings. The number of aliphatic hydroxyl groups excluding tert-OH is 1. The summed E-state index contributed by atoms with van der Waals surface area (Å²) in [6.07, 6.45) is -3.06. The Kier molecular flexibility index (Phi) is 3.92. The number of alkyl halides is 3. The molecule has 15 heavy (non-hydrogen) atoms. The monoisotopic (exact) mass is 240 g/mol. The van der Waals surface area contributed by atoms with Crippen LogP contribution < -0.4 is 5.32 Å². The van der Waals surface area contributed by atoms with Gasteiger partial charge in [-0.25, -0.2) is 4.98 Å². The Morgan fingerprint density at radius 2 is 2.27 bits per heavy atom. The Morgan fingerprint density at radius 3 is 2.73 bits per heavy atom. The summed E-state index contributed by atoms with van der Waals surface area (Å²) >= 11 is 0.565. The van der Waals surface area contributed by atoms with Gasteiger partial charge in [-0.05, 0) is 13.3 Å². The van der Waals surface area contributed by atoms with E-state index in [1.165, 1.54) is 0 Å². The zero-order valence-electron chi connectivity index (χ0n) is 8.01. The van der Waals surface area contributed by atoms with Gasteiger partial charge in [0.15, 0.2) is 5.13 Å². The first-order valence-corrected chi connectivity index (χ1v) is 5.15. The van der Waals surface area contributed by atoms with Crippen LogP contribution in [0.5, 0.6) is 0 Å². The molecule has 0 aliphatic carbocycles. The lowest BCUT2D eigenvalue weighted by Gasteiger charge is -2.10. The quantitative estimate of drug-likeness (QED) is 0.849. The maximum atomic E-state index is 12.2. The van der Waals surface area contributed by atoms with Gasteiger partial charge < -0.3 is 10.4 Å². The molecule has 0 radical (unpaired) electrons. The number of rotatable bonds is 4. The van der Waals surface area contributed by atoms with Crippen molar-refractivity contribution in [3.05, 3.63) is 11.1 Å². The highest BCUT2D eigenvalue weighted by Crippen LogP contribution is 2.35. The van der Waals surface area contributed by atoms with Gasteiger partial charge in [-0.3, -0.25) is 0 Å². The van der Waals surface area contributed by atoms with Gasteiger partial charge in [0.2, 0.25) is 0 Å². The molecular weight excluding hydrogens is 229 g/mol. The van der Waals surface area contributed by atoms with Crippen molar-refractivity contribution >= 4 is 16.5 Å². The lowest BCUT2D eigenvalue weighted by atomic mass is 10.2. The van der Waals surface area contributed by atoms with E-state index >= 15 is 0 Å². The van der Waals surface area contributed by atoms with E-state index in [0.29, 0.717) is 17.8 Å². The van der Waals surface area contributed by atoms with E-state index in [9.17, 15) is 13.2 Å². The molecule has 0 saturated carbocycles. The van der Waals surface area contributed by atoms with Gasteiger partial charge in [0.25, 0.3) is 0 Å². The minimum Gasteiger partial charge on any atom is -0.396 e. The Hall–Kier alpha value is -0.820. The molecule has 0 aliphatic heterocycles. The Bertz CT molecular complexity index is 313. The van der Waals surface area contributed by atoms with Gasteiger partial charge in [0.05, 0.1) is 6.20 Å². The second-order valence-corrected chi connectivity index (χ2v) is 4.12. The average molecular weight is 240 g/mol. The molecule has 0 saturated heterocycles. The summed E-state index contributed by atoms with van der Waals surface area (Å²) in [7, 11) is 0. The fraction of sp³-hybridized carbons (Fsp3) is 0.625. The number of anilines is 1. The average Bonchev–Trinajstić information content (AvgIpc) is 2.52. The summed E-state index contributed by atoms with van der Waals surface area (Å²) in [5.41, 5.74) is 0. The molecule has 1 unspecified atom stereocenters. The molecule has 3 nitrogen and oxygen atoms in total. The van der Waals surface area contributed by atoms with Crippen LogP contribution in [0.15, 0.2) is 6.20 Å². The van der Waals surface area contributed by atoms with Gasteiger partial charge in [-0.15, -0.1) is 0 Å². The van der Waals surface area contributed by atoms with Gasteiger partial charge in [0, 0.05) is 12.6 Å². The molecule has 0 aromatic carbocycles. The smallest absolute Gasteiger partial charge is 0.396 e. The number of nitrogens with zero attached hydrogens (tertiary/aromatic N) is 1. The van der Waals surface area contributed by atoms with E-state index in [4.69, 9.17) is 5.11 Å². The minimum absolute atomic E-state index is 0.00826. The van der Waals surface area contributed by atoms with Crippen LogP contribution in [0.3, 0.4) is 0 Å². The van der Waals surface area contributed by atoms with Crippen LogP contribution >= 0.6 is 11.3 Å². The summed E-state index contributed by atoms with van der Waals surface area (Å²) in [4.78, 5) is 2.89. The number of nitrogens with one attached hydrogen (secondary N) is 1. The molecule has 1 rings (SSSR count). The predicted molar refractivity (Wildman–Crippen MR) is 51.9 cm³/mol. The first-order chi connectivity index (χ1) is 6.93. The van der Waals surface area contributed by atoms with Gasteiger partial charge in [0.1, 0.15) is 4.88 Å². The molecule has 86 valence electrons. The molecule has 1 atom stereocenters. The van der Waals surface area contributed by atoms with Crippen molar-refractivity contribution in [3.8, 4) is 0 Å². The number of thiazole rings is 1. The van der Waals surface area contributed by atoms with Crippen LogP contribution in [0, 0.1) is 0 Å². The summed E-state index contributed by atoms with van der Waals surface area (Å²) in [6, 6.07) is -0.0952. The van der Waals surface area contributed by atoms with Crippen LogP contribution in [0.4, 0.5) is 18.3 Å². The molecule has 1 heterocycles. The Labute approximate surface area is 89.0 Å². The van der Waals surface area contributed by atoms with E-state index in [2.05, 4.69) is 10.3 Å². The standard InChI is InChI=1S/C8H11F3N2OS/c1-5(2-3-14)13-7-12-4-6(15-7)8(9,10)11/h4-5,14H,2-3H2,1H3,(H,12,13). The molecule has 1 aromatic heterocycles. The third-order valence-electron chi connectivity index (χ3n) is 1.72. The van der Waals surface area contributed by atoms with Gasteiger partial charge in [-0.1, -0.05) is 11.3 Å². The highest BCUT2D eigenvalue weighted by atomic mass is 32.1. The summed E-state index contributed by atoms with van der Waals surface area (Å²) in [5, 5.41) is 11.6. The van der Waals surface area contributed by atoms with Crippen molar-refractivity contribution < 1.29 is 18.3 Å². The zero-order valence-corrected chi connectivity index (χ0v) is 8.82. The predicted octanol–water partition coefficient (Wildman–Crippen LogP) is 2.34. The number of hydrogen-bond donors (Lipinski definition) is 2. The van der Waals surface area contributed by atoms with Gasteiger partial charge in [-0.2, -0.15) is 13.2 Å². The lowest BCUT2D eigenvalue weighted by Crippen LogP contribution is -2.16. The van der Waals surface area contributed by atoms with E-state index in [0.717, 1.165) is 6.20 Å². The maximum absolute atomic E-state index is 12.2. The third kappa shape index (κ3) is 3.67. The number of halogens is 3. The lowest BCUT2D eigenvalue weighted by molar-refractivity contribution is -0.134. The van der Waals surface area contributed by atoms with Crippen LogP contribution in [-0.4, -0.2) is 22.7 Å². The van der Waals surface area contributed by atoms with E-state index in [1.807, 2.05) is 0 Å². The summed E-state index contributed by atoms with van der Waals surface area (Å²) in [5.74, 6) is 0. The minimum atomic E-state index is -4.34. The molecule has 0 spiro atoms. The highest BCUT2D eigenvalue weighted by Gasteiger charge is 2.33. The number of hydrogen-bond acceptors (Lipinski definition) is 4. The SMILES string of the molecule is CC(CCO)Nc1ncc(C(F)(F)F)s1. The van der Waals surface area contributed by atoms with E-state index < -0.39 is 11.1 Å². The normalized spacial score (nSPS) is 13.9. The zero-order chi connectivity index (χ0) is 11.5. The van der Waals surface area contributed by atoms with Crippen molar-refractivity contribution in [2.75, 3.05) is 11.9 Å². The Morgan fingerprint density at radius 1 is 1.60 bits per heavy atom. The third-order valence-corrected chi connectivity index (χ3v) is 2.69. The summed E-state index contributed by atoms with van der Waals surface area (Å²) in [6.45, 7) is 1.76. The van der Waals surface area contributed by atoms with Crippen LogP contribution in [0.2, 0.25) is 0 Å². The van der Waals surface area contributed by atoms with E-state index in [-0.39, 0.29) is 17.8 Å². The fourth-order valence-corrected chi connectivity index (χ4v) is 1.74. The molecule has 2 N–H and O–H groups in total. The topological polar surface area (TPSA) is 45.1 Å². The molecular formula is C8H11F3N2OS. The highest BCUT2D eigenvalue weighted by molar-refractivity contribution is 7.15. The maximum Gasteiger partial charge on any atom is 0.427 e. The molecule has 0 bridgehead atoms. The van der Waals surface area contributed by atoms with Crippen molar-refractivity contribution in [1.82, 2.24) is 4.98 Å². The van der Waals surface area contributed by atoms with Crippen molar-refractivity contribution in [3.63, 3.8) is 0 Å². The van der Waals surface area contributed by atoms with E-state index in [1.54, 1.807) is 6.92 Å². The van der Waals surface area contributed by atoms with Crippen molar-refractivity contribution in [2.24, 2.45) is 0 Å². The first-order valence-electron chi connectivity index (χ1n) is 4.34.